The van der Waals surface area contributed by atoms with Crippen molar-refractivity contribution in [1.29, 1.82) is 0 Å². The molecule has 1 aromatic heterocycles. The Balaban J connectivity index is 2.02. The molecule has 0 aliphatic heterocycles. The van der Waals surface area contributed by atoms with Gasteiger partial charge in [-0.1, -0.05) is 0 Å². The molecule has 8 heteroatoms. The van der Waals surface area contributed by atoms with Crippen molar-refractivity contribution in [2.45, 2.75) is 38.5 Å². The lowest BCUT2D eigenvalue weighted by molar-refractivity contribution is -0.121. The summed E-state index contributed by atoms with van der Waals surface area (Å²) in [7, 11) is 1.56. The number of aromatic nitrogens is 2. The van der Waals surface area contributed by atoms with Gasteiger partial charge >= 0.3 is 0 Å². The van der Waals surface area contributed by atoms with Gasteiger partial charge in [0.05, 0.1) is 0 Å². The number of carbonyl (C=O) groups excluding carboxylic acids is 1. The summed E-state index contributed by atoms with van der Waals surface area (Å²) >= 11 is 0. The van der Waals surface area contributed by atoms with Crippen molar-refractivity contribution in [2.75, 3.05) is 17.9 Å². The SMILES string of the molecule is COCc1nc(NN)cc(NC(C)C(=O)NC2CC2)n1. The number of amides is 1. The molecule has 8 nitrogen and oxygen atoms in total. The Morgan fingerprint density at radius 1 is 1.50 bits per heavy atom. The van der Waals surface area contributed by atoms with Crippen LogP contribution in [0.5, 0.6) is 0 Å². The van der Waals surface area contributed by atoms with Crippen LogP contribution in [-0.2, 0) is 16.1 Å². The molecule has 1 amide bonds. The molecule has 20 heavy (non-hydrogen) atoms. The first kappa shape index (κ1) is 14.5. The first-order valence-corrected chi connectivity index (χ1v) is 6.52. The highest BCUT2D eigenvalue weighted by Crippen LogP contribution is 2.19. The van der Waals surface area contributed by atoms with E-state index in [-0.39, 0.29) is 18.6 Å². The second-order valence-corrected chi connectivity index (χ2v) is 4.78. The minimum atomic E-state index is -0.383. The molecule has 1 unspecified atom stereocenters. The van der Waals surface area contributed by atoms with Crippen molar-refractivity contribution in [3.8, 4) is 0 Å². The van der Waals surface area contributed by atoms with E-state index in [9.17, 15) is 4.79 Å². The number of hydrogen-bond donors (Lipinski definition) is 4. The minimum Gasteiger partial charge on any atom is -0.377 e. The predicted octanol–water partition coefficient (Wildman–Crippen LogP) is -0.0124. The molecular formula is C12H20N6O2. The van der Waals surface area contributed by atoms with Gasteiger partial charge in [0.1, 0.15) is 24.3 Å². The minimum absolute atomic E-state index is 0.0401. The summed E-state index contributed by atoms with van der Waals surface area (Å²) in [4.78, 5) is 20.3. The molecule has 5 N–H and O–H groups in total. The van der Waals surface area contributed by atoms with Gasteiger partial charge in [-0.15, -0.1) is 0 Å². The van der Waals surface area contributed by atoms with Gasteiger partial charge in [-0.2, -0.15) is 0 Å². The monoisotopic (exact) mass is 280 g/mol. The van der Waals surface area contributed by atoms with Crippen LogP contribution in [0.15, 0.2) is 6.07 Å². The number of hydrazine groups is 1. The van der Waals surface area contributed by atoms with Crippen LogP contribution in [0, 0.1) is 0 Å². The average Bonchev–Trinajstić information content (AvgIpc) is 3.22. The topological polar surface area (TPSA) is 114 Å². The Morgan fingerprint density at radius 3 is 2.80 bits per heavy atom. The maximum Gasteiger partial charge on any atom is 0.242 e. The second-order valence-electron chi connectivity index (χ2n) is 4.78. The van der Waals surface area contributed by atoms with E-state index >= 15 is 0 Å². The molecule has 1 aliphatic carbocycles. The zero-order chi connectivity index (χ0) is 14.5. The lowest BCUT2D eigenvalue weighted by atomic mass is 10.3. The zero-order valence-electron chi connectivity index (χ0n) is 11.6. The molecule has 0 bridgehead atoms. The van der Waals surface area contributed by atoms with Gasteiger partial charge in [-0.3, -0.25) is 4.79 Å². The lowest BCUT2D eigenvalue weighted by Gasteiger charge is -2.15. The highest BCUT2D eigenvalue weighted by molar-refractivity contribution is 5.84. The number of methoxy groups -OCH3 is 1. The van der Waals surface area contributed by atoms with Gasteiger partial charge in [0.2, 0.25) is 5.91 Å². The third kappa shape index (κ3) is 4.04. The Hall–Kier alpha value is -1.93. The Kier molecular flexibility index (Phi) is 4.70. The molecule has 1 fully saturated rings. The molecule has 0 radical (unpaired) electrons. The molecule has 0 saturated heterocycles. The van der Waals surface area contributed by atoms with Crippen LogP contribution in [0.25, 0.3) is 0 Å². The third-order valence-corrected chi connectivity index (χ3v) is 2.88. The highest BCUT2D eigenvalue weighted by Gasteiger charge is 2.25. The summed E-state index contributed by atoms with van der Waals surface area (Å²) in [6, 6.07) is 1.59. The van der Waals surface area contributed by atoms with Crippen molar-refractivity contribution in [3.63, 3.8) is 0 Å². The number of nitrogens with zero attached hydrogens (tertiary/aromatic N) is 2. The maximum absolute atomic E-state index is 11.9. The van der Waals surface area contributed by atoms with E-state index in [0.717, 1.165) is 12.8 Å². The van der Waals surface area contributed by atoms with Gasteiger partial charge in [0.25, 0.3) is 0 Å². The summed E-state index contributed by atoms with van der Waals surface area (Å²) in [5.74, 6) is 6.80. The first-order chi connectivity index (χ1) is 9.62. The van der Waals surface area contributed by atoms with Crippen LogP contribution in [0.3, 0.4) is 0 Å². The van der Waals surface area contributed by atoms with Crippen LogP contribution in [-0.4, -0.2) is 35.1 Å². The van der Waals surface area contributed by atoms with Gasteiger partial charge in [0, 0.05) is 19.2 Å². The van der Waals surface area contributed by atoms with E-state index in [1.165, 1.54) is 0 Å². The maximum atomic E-state index is 11.9. The van der Waals surface area contributed by atoms with Crippen molar-refractivity contribution in [1.82, 2.24) is 15.3 Å². The number of ether oxygens (including phenoxy) is 1. The molecule has 1 heterocycles. The van der Waals surface area contributed by atoms with E-state index in [1.807, 2.05) is 0 Å². The molecule has 110 valence electrons. The molecule has 2 rings (SSSR count). The number of nitrogens with two attached hydrogens (primary N) is 1. The van der Waals surface area contributed by atoms with Crippen LogP contribution in [0.1, 0.15) is 25.6 Å². The van der Waals surface area contributed by atoms with Gasteiger partial charge < -0.3 is 20.8 Å². The Morgan fingerprint density at radius 2 is 2.20 bits per heavy atom. The Labute approximate surface area is 117 Å². The number of carbonyl (C=O) groups is 1. The predicted molar refractivity (Wildman–Crippen MR) is 74.8 cm³/mol. The van der Waals surface area contributed by atoms with Crippen molar-refractivity contribution in [2.24, 2.45) is 5.84 Å². The summed E-state index contributed by atoms with van der Waals surface area (Å²) < 4.78 is 5.00. The van der Waals surface area contributed by atoms with Crippen LogP contribution in [0.4, 0.5) is 11.6 Å². The molecule has 1 atom stereocenters. The average molecular weight is 280 g/mol. The molecular weight excluding hydrogens is 260 g/mol. The van der Waals surface area contributed by atoms with Gasteiger partial charge in [0.15, 0.2) is 5.82 Å². The van der Waals surface area contributed by atoms with Crippen LogP contribution < -0.4 is 21.9 Å². The zero-order valence-corrected chi connectivity index (χ0v) is 11.6. The fourth-order valence-corrected chi connectivity index (χ4v) is 1.68. The van der Waals surface area contributed by atoms with Crippen molar-refractivity contribution in [3.05, 3.63) is 11.9 Å². The molecule has 0 spiro atoms. The fourth-order valence-electron chi connectivity index (χ4n) is 1.68. The van der Waals surface area contributed by atoms with Crippen molar-refractivity contribution < 1.29 is 9.53 Å². The molecule has 1 aliphatic rings. The standard InChI is InChI=1S/C12H20N6O2/c1-7(12(19)15-8-3-4-8)14-9-5-10(18-13)17-11(16-9)6-20-2/h5,7-8H,3-4,6,13H2,1-2H3,(H,15,19)(H2,14,16,17,18). The number of nitrogen functional groups attached to an aromatic ring is 1. The lowest BCUT2D eigenvalue weighted by Crippen LogP contribution is -2.38. The molecule has 1 saturated carbocycles. The van der Waals surface area contributed by atoms with Gasteiger partial charge in [-0.05, 0) is 19.8 Å². The van der Waals surface area contributed by atoms with Crippen LogP contribution in [0.2, 0.25) is 0 Å². The van der Waals surface area contributed by atoms with E-state index in [2.05, 4.69) is 26.0 Å². The smallest absolute Gasteiger partial charge is 0.242 e. The largest absolute Gasteiger partial charge is 0.377 e. The Bertz CT molecular complexity index is 477. The van der Waals surface area contributed by atoms with Crippen molar-refractivity contribution >= 4 is 17.5 Å². The van der Waals surface area contributed by atoms with Crippen LogP contribution >= 0.6 is 0 Å². The highest BCUT2D eigenvalue weighted by atomic mass is 16.5. The summed E-state index contributed by atoms with van der Waals surface area (Å²) in [6.07, 6.45) is 2.12. The van der Waals surface area contributed by atoms with E-state index in [4.69, 9.17) is 10.6 Å². The molecule has 0 aromatic carbocycles. The van der Waals surface area contributed by atoms with E-state index < -0.39 is 0 Å². The number of nitrogens with one attached hydrogen (secondary N) is 3. The first-order valence-electron chi connectivity index (χ1n) is 6.52. The second kappa shape index (κ2) is 6.49. The number of hydrogen-bond acceptors (Lipinski definition) is 7. The van der Waals surface area contributed by atoms with Gasteiger partial charge in [-0.25, -0.2) is 15.8 Å². The third-order valence-electron chi connectivity index (χ3n) is 2.88. The fraction of sp³-hybridized carbons (Fsp3) is 0.583. The summed E-state index contributed by atoms with van der Waals surface area (Å²) in [5, 5.41) is 5.97. The summed E-state index contributed by atoms with van der Waals surface area (Å²) in [6.45, 7) is 2.05. The quantitative estimate of drug-likeness (QED) is 0.410. The van der Waals surface area contributed by atoms with E-state index in [0.29, 0.717) is 23.5 Å². The molecule has 1 aromatic rings. The number of anilines is 2. The number of rotatable bonds is 7. The normalized spacial score (nSPS) is 15.6. The van der Waals surface area contributed by atoms with E-state index in [1.54, 1.807) is 20.1 Å². The summed E-state index contributed by atoms with van der Waals surface area (Å²) in [5.41, 5.74) is 2.46.